The van der Waals surface area contributed by atoms with Gasteiger partial charge in [0.2, 0.25) is 0 Å². The Morgan fingerprint density at radius 2 is 1.74 bits per heavy atom. The molecule has 1 aromatic heterocycles. The van der Waals surface area contributed by atoms with Gasteiger partial charge < -0.3 is 4.74 Å². The Kier molecular flexibility index (Phi) is 4.75. The third-order valence-electron chi connectivity index (χ3n) is 7.61. The third kappa shape index (κ3) is 3.96. The number of amides is 1. The van der Waals surface area contributed by atoms with Gasteiger partial charge in [-0.1, -0.05) is 30.3 Å². The molecule has 4 saturated carbocycles. The Morgan fingerprint density at radius 1 is 1.03 bits per heavy atom. The highest BCUT2D eigenvalue weighted by Crippen LogP contribution is 2.61. The number of aromatic nitrogens is 1. The average molecular weight is 433 g/mol. The van der Waals surface area contributed by atoms with E-state index in [2.05, 4.69) is 16.8 Å². The number of anilines is 1. The fourth-order valence-corrected chi connectivity index (χ4v) is 7.62. The summed E-state index contributed by atoms with van der Waals surface area (Å²) in [4.78, 5) is 17.2. The average Bonchev–Trinajstić information content (AvgIpc) is 3.17. The number of nitrogens with zero attached hydrogens (tertiary/aromatic N) is 1. The lowest BCUT2D eigenvalue weighted by Gasteiger charge is -2.56. The van der Waals surface area contributed by atoms with E-state index >= 15 is 0 Å². The summed E-state index contributed by atoms with van der Waals surface area (Å²) >= 11 is 1.53. The number of rotatable bonds is 6. The second kappa shape index (κ2) is 7.63. The van der Waals surface area contributed by atoms with E-state index in [9.17, 15) is 4.79 Å². The minimum Gasteiger partial charge on any atom is -0.484 e. The molecule has 31 heavy (non-hydrogen) atoms. The van der Waals surface area contributed by atoms with Crippen molar-refractivity contribution in [2.75, 3.05) is 11.9 Å². The molecule has 1 heterocycles. The minimum absolute atomic E-state index is 0.0117. The van der Waals surface area contributed by atoms with Gasteiger partial charge in [-0.25, -0.2) is 4.98 Å². The molecule has 160 valence electrons. The highest BCUT2D eigenvalue weighted by Gasteiger charge is 2.50. The van der Waals surface area contributed by atoms with E-state index in [4.69, 9.17) is 9.72 Å². The van der Waals surface area contributed by atoms with Crippen molar-refractivity contribution >= 4 is 33.1 Å². The maximum absolute atomic E-state index is 12.4. The van der Waals surface area contributed by atoms with Crippen molar-refractivity contribution in [2.24, 2.45) is 23.2 Å². The predicted octanol–water partition coefficient (Wildman–Crippen LogP) is 6.07. The van der Waals surface area contributed by atoms with Crippen LogP contribution < -0.4 is 10.1 Å². The number of nitrogens with one attached hydrogen (secondary N) is 1. The molecule has 0 spiro atoms. The molecule has 5 heteroatoms. The Balaban J connectivity index is 1.05. The Bertz CT molecular complexity index is 1090. The molecule has 4 aliphatic rings. The number of benzene rings is 2. The van der Waals surface area contributed by atoms with Crippen molar-refractivity contribution in [2.45, 2.75) is 44.9 Å². The van der Waals surface area contributed by atoms with E-state index < -0.39 is 0 Å². The molecule has 4 fully saturated rings. The van der Waals surface area contributed by atoms with E-state index in [0.717, 1.165) is 40.6 Å². The van der Waals surface area contributed by atoms with Gasteiger partial charge >= 0.3 is 0 Å². The Morgan fingerprint density at radius 3 is 2.48 bits per heavy atom. The molecular weight excluding hydrogens is 404 g/mol. The quantitative estimate of drug-likeness (QED) is 0.514. The van der Waals surface area contributed by atoms with Crippen molar-refractivity contribution in [1.29, 1.82) is 0 Å². The van der Waals surface area contributed by atoms with Crippen LogP contribution in [0.3, 0.4) is 0 Å². The third-order valence-corrected chi connectivity index (χ3v) is 8.42. The van der Waals surface area contributed by atoms with Crippen LogP contribution in [0.4, 0.5) is 5.13 Å². The molecule has 0 aliphatic heterocycles. The molecule has 0 saturated heterocycles. The summed E-state index contributed by atoms with van der Waals surface area (Å²) < 4.78 is 5.71. The van der Waals surface area contributed by atoms with Gasteiger partial charge in [0.25, 0.3) is 5.91 Å². The Labute approximate surface area is 187 Å². The molecule has 1 amide bonds. The first-order valence-electron chi connectivity index (χ1n) is 11.5. The van der Waals surface area contributed by atoms with Gasteiger partial charge in [0.1, 0.15) is 5.75 Å². The van der Waals surface area contributed by atoms with E-state index in [-0.39, 0.29) is 12.5 Å². The summed E-state index contributed by atoms with van der Waals surface area (Å²) in [5.74, 6) is 3.41. The van der Waals surface area contributed by atoms with Gasteiger partial charge in [0.15, 0.2) is 11.7 Å². The van der Waals surface area contributed by atoms with Gasteiger partial charge in [0, 0.05) is 5.38 Å². The number of thiazole rings is 1. The number of hydrogen-bond acceptors (Lipinski definition) is 4. The van der Waals surface area contributed by atoms with Crippen LogP contribution in [0, 0.1) is 23.2 Å². The zero-order chi connectivity index (χ0) is 20.8. The fourth-order valence-electron chi connectivity index (χ4n) is 6.90. The van der Waals surface area contributed by atoms with Crippen LogP contribution in [-0.4, -0.2) is 17.5 Å². The lowest BCUT2D eigenvalue weighted by molar-refractivity contribution is -0.118. The van der Waals surface area contributed by atoms with Crippen LogP contribution >= 0.6 is 11.3 Å². The Hall–Kier alpha value is -2.40. The second-order valence-corrected chi connectivity index (χ2v) is 10.9. The second-order valence-electron chi connectivity index (χ2n) is 10.1. The van der Waals surface area contributed by atoms with E-state index in [1.54, 1.807) is 0 Å². The summed E-state index contributed by atoms with van der Waals surface area (Å²) in [5, 5.41) is 8.01. The number of hydrogen-bond donors (Lipinski definition) is 1. The molecule has 4 nitrogen and oxygen atoms in total. The molecular formula is C26H28N2O2S. The molecule has 4 aliphatic carbocycles. The summed E-state index contributed by atoms with van der Waals surface area (Å²) in [6, 6.07) is 14.0. The fraction of sp³-hybridized carbons (Fsp3) is 0.462. The van der Waals surface area contributed by atoms with Gasteiger partial charge in [-0.3, -0.25) is 10.1 Å². The summed E-state index contributed by atoms with van der Waals surface area (Å²) in [6.07, 6.45) is 9.64. The molecule has 2 aromatic carbocycles. The van der Waals surface area contributed by atoms with Crippen molar-refractivity contribution < 1.29 is 9.53 Å². The van der Waals surface area contributed by atoms with E-state index in [1.165, 1.54) is 49.9 Å². The molecule has 1 N–H and O–H groups in total. The van der Waals surface area contributed by atoms with Crippen LogP contribution in [0.1, 0.15) is 44.2 Å². The minimum atomic E-state index is -0.163. The monoisotopic (exact) mass is 432 g/mol. The molecule has 0 unspecified atom stereocenters. The van der Waals surface area contributed by atoms with Crippen LogP contribution in [0.25, 0.3) is 10.8 Å². The van der Waals surface area contributed by atoms with Crippen molar-refractivity contribution in [3.8, 4) is 5.75 Å². The first-order chi connectivity index (χ1) is 15.1. The lowest BCUT2D eigenvalue weighted by Crippen LogP contribution is -2.47. The smallest absolute Gasteiger partial charge is 0.264 e. The number of carbonyl (C=O) groups excluding carboxylic acids is 1. The first kappa shape index (κ1) is 19.3. The van der Waals surface area contributed by atoms with Crippen molar-refractivity contribution in [1.82, 2.24) is 4.98 Å². The number of fused-ring (bicyclic) bond motifs is 1. The molecule has 0 atom stereocenters. The summed E-state index contributed by atoms with van der Waals surface area (Å²) in [7, 11) is 0. The van der Waals surface area contributed by atoms with Crippen molar-refractivity contribution in [3.63, 3.8) is 0 Å². The molecule has 4 bridgehead atoms. The zero-order valence-corrected chi connectivity index (χ0v) is 18.5. The highest BCUT2D eigenvalue weighted by atomic mass is 32.1. The van der Waals surface area contributed by atoms with Crippen LogP contribution in [0.15, 0.2) is 47.8 Å². The van der Waals surface area contributed by atoms with Gasteiger partial charge in [-0.2, -0.15) is 0 Å². The molecule has 0 radical (unpaired) electrons. The molecule has 7 rings (SSSR count). The van der Waals surface area contributed by atoms with Gasteiger partial charge in [-0.15, -0.1) is 11.3 Å². The van der Waals surface area contributed by atoms with Gasteiger partial charge in [0.05, 0.1) is 5.69 Å². The first-order valence-corrected chi connectivity index (χ1v) is 12.4. The standard InChI is InChI=1S/C26H28N2O2S/c29-24(15-30-23-6-5-20-3-1-2-4-21(20)10-23)28-25-27-22(16-31-25)14-26-11-17-7-18(12-26)9-19(8-17)13-26/h1-6,10,16-19H,7-9,11-15H2,(H,27,28,29). The topological polar surface area (TPSA) is 51.2 Å². The maximum atomic E-state index is 12.4. The predicted molar refractivity (Wildman–Crippen MR) is 124 cm³/mol. The molecule has 3 aromatic rings. The SMILES string of the molecule is O=C(COc1ccc2ccccc2c1)Nc1nc(CC23CC4CC(CC(C4)C2)C3)cs1. The zero-order valence-electron chi connectivity index (χ0n) is 17.7. The highest BCUT2D eigenvalue weighted by molar-refractivity contribution is 7.13. The van der Waals surface area contributed by atoms with E-state index in [1.807, 2.05) is 36.4 Å². The lowest BCUT2D eigenvalue weighted by atomic mass is 9.48. The summed E-state index contributed by atoms with van der Waals surface area (Å²) in [5.41, 5.74) is 1.63. The number of carbonyl (C=O) groups is 1. The van der Waals surface area contributed by atoms with Crippen LogP contribution in [0.2, 0.25) is 0 Å². The number of ether oxygens (including phenoxy) is 1. The normalized spacial score (nSPS) is 28.7. The van der Waals surface area contributed by atoms with Crippen LogP contribution in [0.5, 0.6) is 5.75 Å². The van der Waals surface area contributed by atoms with Crippen LogP contribution in [-0.2, 0) is 11.2 Å². The van der Waals surface area contributed by atoms with Gasteiger partial charge in [-0.05, 0) is 91.0 Å². The van der Waals surface area contributed by atoms with E-state index in [0.29, 0.717) is 16.3 Å². The maximum Gasteiger partial charge on any atom is 0.264 e. The summed E-state index contributed by atoms with van der Waals surface area (Å²) in [6.45, 7) is -0.0117. The largest absolute Gasteiger partial charge is 0.484 e. The van der Waals surface area contributed by atoms with Crippen molar-refractivity contribution in [3.05, 3.63) is 53.5 Å².